The summed E-state index contributed by atoms with van der Waals surface area (Å²) in [4.78, 5) is 14.8. The van der Waals surface area contributed by atoms with Gasteiger partial charge in [-0.25, -0.2) is 0 Å². The predicted molar refractivity (Wildman–Crippen MR) is 99.5 cm³/mol. The van der Waals surface area contributed by atoms with Crippen molar-refractivity contribution in [3.8, 4) is 28.5 Å². The summed E-state index contributed by atoms with van der Waals surface area (Å²) in [6.45, 7) is 1.99. The monoisotopic (exact) mass is 355 g/mol. The van der Waals surface area contributed by atoms with Crippen molar-refractivity contribution in [3.05, 3.63) is 41.5 Å². The molecule has 0 aliphatic heterocycles. The second-order valence-electron chi connectivity index (χ2n) is 5.93. The lowest BCUT2D eigenvalue weighted by Crippen LogP contribution is -2.02. The van der Waals surface area contributed by atoms with Crippen LogP contribution < -0.4 is 14.2 Å². The number of ether oxygens (including phenoxy) is 3. The molecule has 6 nitrogen and oxygen atoms in total. The number of hydrogen-bond acceptors (Lipinski definition) is 4. The summed E-state index contributed by atoms with van der Waals surface area (Å²) >= 11 is 0. The Hall–Kier alpha value is -3.15. The Labute approximate surface area is 151 Å². The van der Waals surface area contributed by atoms with E-state index in [9.17, 15) is 9.90 Å². The van der Waals surface area contributed by atoms with Gasteiger partial charge in [0.05, 0.1) is 33.4 Å². The zero-order valence-electron chi connectivity index (χ0n) is 15.2. The molecule has 0 aliphatic rings. The van der Waals surface area contributed by atoms with Gasteiger partial charge in [0.15, 0.2) is 11.5 Å². The third kappa shape index (κ3) is 2.83. The fourth-order valence-electron chi connectivity index (χ4n) is 3.28. The molecular formula is C20H21NO5. The molecule has 1 aromatic heterocycles. The number of benzene rings is 2. The minimum Gasteiger partial charge on any atom is -0.493 e. The smallest absolute Gasteiger partial charge is 0.307 e. The Morgan fingerprint density at radius 2 is 1.77 bits per heavy atom. The van der Waals surface area contributed by atoms with E-state index in [-0.39, 0.29) is 6.42 Å². The number of aromatic amines is 1. The topological polar surface area (TPSA) is 80.8 Å². The lowest BCUT2D eigenvalue weighted by molar-refractivity contribution is -0.136. The maximum atomic E-state index is 11.5. The predicted octanol–water partition coefficient (Wildman–Crippen LogP) is 3.80. The number of carboxylic acid groups (broad SMARTS) is 1. The number of para-hydroxylation sites is 1. The van der Waals surface area contributed by atoms with Gasteiger partial charge in [-0.05, 0) is 30.2 Å². The minimum absolute atomic E-state index is 0.101. The largest absolute Gasteiger partial charge is 0.493 e. The van der Waals surface area contributed by atoms with Crippen LogP contribution in [0.1, 0.15) is 11.1 Å². The number of carboxylic acids is 1. The van der Waals surface area contributed by atoms with E-state index in [1.807, 2.05) is 31.2 Å². The average molecular weight is 355 g/mol. The van der Waals surface area contributed by atoms with E-state index in [1.54, 1.807) is 20.3 Å². The molecule has 0 saturated carbocycles. The van der Waals surface area contributed by atoms with Gasteiger partial charge in [0.1, 0.15) is 0 Å². The summed E-state index contributed by atoms with van der Waals surface area (Å²) in [5.74, 6) is 0.597. The van der Waals surface area contributed by atoms with Gasteiger partial charge < -0.3 is 24.3 Å². The van der Waals surface area contributed by atoms with Gasteiger partial charge in [0.25, 0.3) is 0 Å². The van der Waals surface area contributed by atoms with Crippen LogP contribution in [-0.2, 0) is 11.2 Å². The van der Waals surface area contributed by atoms with Crippen molar-refractivity contribution in [1.29, 1.82) is 0 Å². The van der Waals surface area contributed by atoms with Crippen LogP contribution in [0, 0.1) is 6.92 Å². The Bertz CT molecular complexity index is 974. The van der Waals surface area contributed by atoms with Crippen LogP contribution in [0.3, 0.4) is 0 Å². The van der Waals surface area contributed by atoms with Crippen LogP contribution in [-0.4, -0.2) is 37.4 Å². The first-order chi connectivity index (χ1) is 12.5. The molecular weight excluding hydrogens is 334 g/mol. The van der Waals surface area contributed by atoms with E-state index in [1.165, 1.54) is 7.11 Å². The quantitative estimate of drug-likeness (QED) is 0.703. The van der Waals surface area contributed by atoms with Crippen LogP contribution in [0.15, 0.2) is 30.3 Å². The third-order valence-electron chi connectivity index (χ3n) is 4.45. The fourth-order valence-corrected chi connectivity index (χ4v) is 3.28. The van der Waals surface area contributed by atoms with Crippen molar-refractivity contribution < 1.29 is 24.1 Å². The number of hydrogen-bond donors (Lipinski definition) is 2. The van der Waals surface area contributed by atoms with E-state index in [0.29, 0.717) is 28.5 Å². The van der Waals surface area contributed by atoms with Crippen LogP contribution in [0.2, 0.25) is 0 Å². The van der Waals surface area contributed by atoms with Crippen molar-refractivity contribution in [2.75, 3.05) is 21.3 Å². The van der Waals surface area contributed by atoms with E-state index in [2.05, 4.69) is 4.98 Å². The Balaban J connectivity index is 2.35. The maximum Gasteiger partial charge on any atom is 0.307 e. The SMILES string of the molecule is COc1ccc(-c2[nH]c3c(C)cccc3c2CC(=O)O)c(OC)c1OC. The van der Waals surface area contributed by atoms with Gasteiger partial charge in [-0.3, -0.25) is 4.79 Å². The Kier molecular flexibility index (Phi) is 4.75. The first-order valence-corrected chi connectivity index (χ1v) is 8.13. The highest BCUT2D eigenvalue weighted by Gasteiger charge is 2.23. The van der Waals surface area contributed by atoms with Gasteiger partial charge in [-0.15, -0.1) is 0 Å². The normalized spacial score (nSPS) is 10.8. The number of aliphatic carboxylic acids is 1. The van der Waals surface area contributed by atoms with Gasteiger partial charge in [-0.2, -0.15) is 0 Å². The van der Waals surface area contributed by atoms with E-state index < -0.39 is 5.97 Å². The zero-order chi connectivity index (χ0) is 18.8. The molecule has 26 heavy (non-hydrogen) atoms. The van der Waals surface area contributed by atoms with Crippen LogP contribution in [0.5, 0.6) is 17.2 Å². The molecule has 1 heterocycles. The number of aryl methyl sites for hydroxylation is 1. The van der Waals surface area contributed by atoms with E-state index in [4.69, 9.17) is 14.2 Å². The van der Waals surface area contributed by atoms with Crippen molar-refractivity contribution in [1.82, 2.24) is 4.98 Å². The number of aromatic nitrogens is 1. The molecule has 0 saturated heterocycles. The average Bonchev–Trinajstić information content (AvgIpc) is 2.99. The zero-order valence-corrected chi connectivity index (χ0v) is 15.2. The van der Waals surface area contributed by atoms with Crippen LogP contribution in [0.25, 0.3) is 22.2 Å². The first-order valence-electron chi connectivity index (χ1n) is 8.13. The molecule has 0 fully saturated rings. The van der Waals surface area contributed by atoms with Crippen molar-refractivity contribution in [3.63, 3.8) is 0 Å². The molecule has 0 atom stereocenters. The number of methoxy groups -OCH3 is 3. The Morgan fingerprint density at radius 3 is 2.38 bits per heavy atom. The van der Waals surface area contributed by atoms with Gasteiger partial charge in [-0.1, -0.05) is 18.2 Å². The van der Waals surface area contributed by atoms with Crippen molar-refractivity contribution in [2.24, 2.45) is 0 Å². The van der Waals surface area contributed by atoms with Gasteiger partial charge in [0.2, 0.25) is 5.75 Å². The third-order valence-corrected chi connectivity index (χ3v) is 4.45. The molecule has 6 heteroatoms. The number of nitrogens with one attached hydrogen (secondary N) is 1. The highest BCUT2D eigenvalue weighted by Crippen LogP contribution is 2.46. The molecule has 0 spiro atoms. The molecule has 2 aromatic carbocycles. The van der Waals surface area contributed by atoms with Gasteiger partial charge in [0, 0.05) is 16.5 Å². The fraction of sp³-hybridized carbons (Fsp3) is 0.250. The molecule has 0 radical (unpaired) electrons. The maximum absolute atomic E-state index is 11.5. The van der Waals surface area contributed by atoms with Crippen molar-refractivity contribution >= 4 is 16.9 Å². The molecule has 136 valence electrons. The number of rotatable bonds is 6. The van der Waals surface area contributed by atoms with Crippen LogP contribution >= 0.6 is 0 Å². The molecule has 0 amide bonds. The summed E-state index contributed by atoms with van der Waals surface area (Å²) in [6, 6.07) is 9.45. The summed E-state index contributed by atoms with van der Waals surface area (Å²) < 4.78 is 16.4. The molecule has 0 unspecified atom stereocenters. The van der Waals surface area contributed by atoms with Crippen molar-refractivity contribution in [2.45, 2.75) is 13.3 Å². The summed E-state index contributed by atoms with van der Waals surface area (Å²) in [5, 5.41) is 10.3. The highest BCUT2D eigenvalue weighted by molar-refractivity contribution is 5.96. The number of fused-ring (bicyclic) bond motifs is 1. The summed E-state index contributed by atoms with van der Waals surface area (Å²) in [5.41, 5.74) is 4.09. The van der Waals surface area contributed by atoms with Crippen LogP contribution in [0.4, 0.5) is 0 Å². The Morgan fingerprint density at radius 1 is 1.04 bits per heavy atom. The molecule has 3 aromatic rings. The lowest BCUT2D eigenvalue weighted by atomic mass is 10.0. The lowest BCUT2D eigenvalue weighted by Gasteiger charge is -2.16. The summed E-state index contributed by atoms with van der Waals surface area (Å²) in [6.07, 6.45) is -0.101. The van der Waals surface area contributed by atoms with Gasteiger partial charge >= 0.3 is 5.97 Å². The number of H-pyrrole nitrogens is 1. The number of carbonyl (C=O) groups is 1. The molecule has 0 aliphatic carbocycles. The highest BCUT2D eigenvalue weighted by atomic mass is 16.5. The molecule has 0 bridgehead atoms. The molecule has 3 rings (SSSR count). The second kappa shape index (κ2) is 7.00. The molecule has 2 N–H and O–H groups in total. The summed E-state index contributed by atoms with van der Waals surface area (Å²) in [7, 11) is 4.64. The second-order valence-corrected chi connectivity index (χ2v) is 5.93. The minimum atomic E-state index is -0.895. The standard InChI is InChI=1S/C20H21NO5/c1-11-6-5-7-12-14(10-16(22)23)18(21-17(11)12)13-8-9-15(24-2)20(26-4)19(13)25-3/h5-9,21H,10H2,1-4H3,(H,22,23). The van der Waals surface area contributed by atoms with E-state index >= 15 is 0 Å². The first kappa shape index (κ1) is 17.7. The van der Waals surface area contributed by atoms with E-state index in [0.717, 1.165) is 22.0 Å².